The van der Waals surface area contributed by atoms with E-state index < -0.39 is 0 Å². The van der Waals surface area contributed by atoms with Crippen molar-refractivity contribution in [1.82, 2.24) is 10.3 Å². The van der Waals surface area contributed by atoms with Crippen LogP contribution in [0, 0.1) is 13.8 Å². The van der Waals surface area contributed by atoms with Gasteiger partial charge in [0.25, 0.3) is 5.91 Å². The van der Waals surface area contributed by atoms with Crippen LogP contribution in [-0.4, -0.2) is 16.0 Å². The van der Waals surface area contributed by atoms with Gasteiger partial charge >= 0.3 is 0 Å². The predicted octanol–water partition coefficient (Wildman–Crippen LogP) is 7.41. The molecule has 0 saturated carbocycles. The van der Waals surface area contributed by atoms with E-state index in [9.17, 15) is 4.79 Å². The lowest BCUT2D eigenvalue weighted by molar-refractivity contribution is 0.0977. The zero-order valence-corrected chi connectivity index (χ0v) is 21.1. The van der Waals surface area contributed by atoms with E-state index in [-0.39, 0.29) is 11.0 Å². The van der Waals surface area contributed by atoms with E-state index in [1.54, 1.807) is 18.2 Å². The summed E-state index contributed by atoms with van der Waals surface area (Å²) in [5.41, 5.74) is 6.61. The van der Waals surface area contributed by atoms with E-state index in [2.05, 4.69) is 41.6 Å². The molecule has 2 N–H and O–H groups in total. The number of rotatable bonds is 5. The highest BCUT2D eigenvalue weighted by Crippen LogP contribution is 2.31. The Morgan fingerprint density at radius 2 is 1.91 bits per heavy atom. The van der Waals surface area contributed by atoms with Crippen molar-refractivity contribution in [2.75, 3.05) is 5.32 Å². The van der Waals surface area contributed by atoms with Crippen LogP contribution in [0.4, 0.5) is 5.69 Å². The number of fused-ring (bicyclic) bond motifs is 1. The minimum atomic E-state index is -0.279. The average Bonchev–Trinajstić information content (AvgIpc) is 3.23. The van der Waals surface area contributed by atoms with Crippen LogP contribution in [0.25, 0.3) is 22.6 Å². The molecule has 1 atom stereocenters. The van der Waals surface area contributed by atoms with Gasteiger partial charge in [-0.1, -0.05) is 49.2 Å². The molecule has 0 aliphatic heterocycles. The molecule has 0 aliphatic carbocycles. The molecule has 5 nitrogen and oxygen atoms in total. The van der Waals surface area contributed by atoms with Crippen LogP contribution in [0.5, 0.6) is 0 Å². The summed E-state index contributed by atoms with van der Waals surface area (Å²) in [6.45, 7) is 8.24. The van der Waals surface area contributed by atoms with Gasteiger partial charge in [0.15, 0.2) is 10.7 Å². The summed E-state index contributed by atoms with van der Waals surface area (Å²) in [5.74, 6) is 0.662. The van der Waals surface area contributed by atoms with Gasteiger partial charge in [-0.05, 0) is 85.9 Å². The molecule has 4 aromatic rings. The first kappa shape index (κ1) is 23.9. The molecule has 0 fully saturated rings. The molecule has 0 unspecified atom stereocenters. The number of hydrogen-bond donors (Lipinski definition) is 2. The van der Waals surface area contributed by atoms with Gasteiger partial charge in [0, 0.05) is 11.1 Å². The lowest BCUT2D eigenvalue weighted by Gasteiger charge is -2.13. The zero-order valence-electron chi connectivity index (χ0n) is 19.5. The fourth-order valence-corrected chi connectivity index (χ4v) is 4.12. The van der Waals surface area contributed by atoms with Crippen molar-refractivity contribution in [3.8, 4) is 11.5 Å². The largest absolute Gasteiger partial charge is 0.436 e. The van der Waals surface area contributed by atoms with Crippen LogP contribution in [0.15, 0.2) is 59.0 Å². The first-order valence-corrected chi connectivity index (χ1v) is 11.9. The highest BCUT2D eigenvalue weighted by atomic mass is 35.5. The quantitative estimate of drug-likeness (QED) is 0.284. The number of carbonyl (C=O) groups is 1. The minimum absolute atomic E-state index is 0.153. The summed E-state index contributed by atoms with van der Waals surface area (Å²) < 4.78 is 5.98. The second-order valence-electron chi connectivity index (χ2n) is 8.48. The number of anilines is 1. The molecular weight excluding hydrogens is 466 g/mol. The van der Waals surface area contributed by atoms with E-state index in [0.717, 1.165) is 34.2 Å². The predicted molar refractivity (Wildman–Crippen MR) is 143 cm³/mol. The maximum Gasteiger partial charge on any atom is 0.257 e. The molecular formula is C27H26ClN3O2S. The molecule has 1 heterocycles. The number of aromatic nitrogens is 1. The Bertz CT molecular complexity index is 1400. The number of oxazole rings is 1. The Labute approximate surface area is 209 Å². The number of thiocarbonyl (C=S) groups is 1. The van der Waals surface area contributed by atoms with Crippen LogP contribution in [0.1, 0.15) is 53.2 Å². The van der Waals surface area contributed by atoms with Crippen LogP contribution >= 0.6 is 23.8 Å². The average molecular weight is 492 g/mol. The van der Waals surface area contributed by atoms with Crippen molar-refractivity contribution in [3.05, 3.63) is 81.9 Å². The number of aryl methyl sites for hydroxylation is 2. The molecule has 0 aliphatic rings. The van der Waals surface area contributed by atoms with Crippen molar-refractivity contribution in [1.29, 1.82) is 0 Å². The highest BCUT2D eigenvalue weighted by Gasteiger charge is 2.15. The van der Waals surface area contributed by atoms with Crippen LogP contribution < -0.4 is 10.6 Å². The summed E-state index contributed by atoms with van der Waals surface area (Å²) in [6, 6.07) is 17.1. The van der Waals surface area contributed by atoms with Gasteiger partial charge in [-0.25, -0.2) is 4.98 Å². The first-order valence-electron chi connectivity index (χ1n) is 11.1. The Morgan fingerprint density at radius 3 is 2.65 bits per heavy atom. The SMILES string of the molecule is CC[C@@H](C)c1ccc2oc(-c3ccc(Cl)c(NC(=S)NC(=O)c4ccc(C)cc4C)c3)nc2c1. The summed E-state index contributed by atoms with van der Waals surface area (Å²) in [6.07, 6.45) is 1.06. The third-order valence-corrected chi connectivity index (χ3v) is 6.44. The molecule has 3 aromatic carbocycles. The van der Waals surface area contributed by atoms with Gasteiger partial charge in [0.05, 0.1) is 10.7 Å². The van der Waals surface area contributed by atoms with E-state index in [4.69, 9.17) is 28.2 Å². The molecule has 174 valence electrons. The Hall–Kier alpha value is -3.22. The third kappa shape index (κ3) is 5.13. The molecule has 0 spiro atoms. The topological polar surface area (TPSA) is 67.2 Å². The maximum absolute atomic E-state index is 12.7. The number of halogens is 1. The molecule has 1 amide bonds. The number of nitrogens with zero attached hydrogens (tertiary/aromatic N) is 1. The monoisotopic (exact) mass is 491 g/mol. The van der Waals surface area contributed by atoms with Crippen molar-refractivity contribution in [3.63, 3.8) is 0 Å². The standard InChI is InChI=1S/C27H26ClN3O2S/c1-5-16(3)18-8-11-24-23(13-18)29-26(33-24)19-7-10-21(28)22(14-19)30-27(34)31-25(32)20-9-6-15(2)12-17(20)4/h6-14,16H,5H2,1-4H3,(H2,30,31,32,34)/t16-/m1/s1. The van der Waals surface area contributed by atoms with E-state index >= 15 is 0 Å². The molecule has 1 aromatic heterocycles. The van der Waals surface area contributed by atoms with Gasteiger partial charge in [0.1, 0.15) is 5.52 Å². The Balaban J connectivity index is 1.54. The van der Waals surface area contributed by atoms with Gasteiger partial charge < -0.3 is 9.73 Å². The van der Waals surface area contributed by atoms with Crippen LogP contribution in [-0.2, 0) is 0 Å². The molecule has 34 heavy (non-hydrogen) atoms. The second-order valence-corrected chi connectivity index (χ2v) is 9.29. The van der Waals surface area contributed by atoms with Crippen molar-refractivity contribution < 1.29 is 9.21 Å². The van der Waals surface area contributed by atoms with Gasteiger partial charge in [-0.2, -0.15) is 0 Å². The summed E-state index contributed by atoms with van der Waals surface area (Å²) in [4.78, 5) is 17.3. The smallest absolute Gasteiger partial charge is 0.257 e. The van der Waals surface area contributed by atoms with E-state index in [1.165, 1.54) is 5.56 Å². The fraction of sp³-hybridized carbons (Fsp3) is 0.222. The lowest BCUT2D eigenvalue weighted by Crippen LogP contribution is -2.34. The molecule has 0 radical (unpaired) electrons. The third-order valence-electron chi connectivity index (χ3n) is 5.91. The van der Waals surface area contributed by atoms with Gasteiger partial charge in [0.2, 0.25) is 5.89 Å². The van der Waals surface area contributed by atoms with Gasteiger partial charge in [-0.15, -0.1) is 0 Å². The number of nitrogens with one attached hydrogen (secondary N) is 2. The van der Waals surface area contributed by atoms with Crippen molar-refractivity contribution in [2.24, 2.45) is 0 Å². The molecule has 0 bridgehead atoms. The molecule has 7 heteroatoms. The fourth-order valence-electron chi connectivity index (χ4n) is 3.76. The second kappa shape index (κ2) is 9.95. The normalized spacial score (nSPS) is 11.9. The van der Waals surface area contributed by atoms with Crippen molar-refractivity contribution >= 4 is 51.6 Å². The number of amides is 1. The van der Waals surface area contributed by atoms with Crippen molar-refractivity contribution in [2.45, 2.75) is 40.0 Å². The van der Waals surface area contributed by atoms with Crippen LogP contribution in [0.2, 0.25) is 5.02 Å². The van der Waals surface area contributed by atoms with Gasteiger partial charge in [-0.3, -0.25) is 10.1 Å². The first-order chi connectivity index (χ1) is 16.2. The number of benzene rings is 3. The summed E-state index contributed by atoms with van der Waals surface area (Å²) in [7, 11) is 0. The summed E-state index contributed by atoms with van der Waals surface area (Å²) >= 11 is 11.8. The highest BCUT2D eigenvalue weighted by molar-refractivity contribution is 7.80. The minimum Gasteiger partial charge on any atom is -0.436 e. The number of carbonyl (C=O) groups excluding carboxylic acids is 1. The van der Waals surface area contributed by atoms with E-state index in [1.807, 2.05) is 38.1 Å². The maximum atomic E-state index is 12.7. The number of hydrogen-bond acceptors (Lipinski definition) is 4. The molecule has 4 rings (SSSR count). The summed E-state index contributed by atoms with van der Waals surface area (Å²) in [5, 5.41) is 6.35. The Kier molecular flexibility index (Phi) is 7.00. The molecule has 0 saturated heterocycles. The van der Waals surface area contributed by atoms with E-state index in [0.29, 0.717) is 28.1 Å². The van der Waals surface area contributed by atoms with Crippen LogP contribution in [0.3, 0.4) is 0 Å². The Morgan fingerprint density at radius 1 is 1.12 bits per heavy atom. The zero-order chi connectivity index (χ0) is 24.4. The lowest BCUT2D eigenvalue weighted by atomic mass is 9.98.